The van der Waals surface area contributed by atoms with Crippen molar-refractivity contribution in [2.24, 2.45) is 10.7 Å². The van der Waals surface area contributed by atoms with Crippen molar-refractivity contribution in [1.29, 1.82) is 0 Å². The smallest absolute Gasteiger partial charge is 0.193 e. The van der Waals surface area contributed by atoms with Crippen molar-refractivity contribution in [2.45, 2.75) is 26.8 Å². The first-order chi connectivity index (χ1) is 6.76. The van der Waals surface area contributed by atoms with Gasteiger partial charge in [0.1, 0.15) is 0 Å². The zero-order valence-electron chi connectivity index (χ0n) is 8.70. The number of nitrogens with zero attached hydrogens (tertiary/aromatic N) is 3. The van der Waals surface area contributed by atoms with Gasteiger partial charge < -0.3 is 11.1 Å². The van der Waals surface area contributed by atoms with Gasteiger partial charge in [0, 0.05) is 19.3 Å². The molecule has 0 radical (unpaired) electrons. The molecule has 14 heavy (non-hydrogen) atoms. The van der Waals surface area contributed by atoms with Gasteiger partial charge in [-0.25, -0.2) is 0 Å². The van der Waals surface area contributed by atoms with E-state index < -0.39 is 0 Å². The Morgan fingerprint density at radius 3 is 3.00 bits per heavy atom. The molecule has 0 spiro atoms. The third-order valence-corrected chi connectivity index (χ3v) is 1.74. The van der Waals surface area contributed by atoms with Crippen molar-refractivity contribution in [3.8, 4) is 0 Å². The number of hydrogen-bond acceptors (Lipinski definition) is 2. The topological polar surface area (TPSA) is 68.2 Å². The molecule has 0 bridgehead atoms. The van der Waals surface area contributed by atoms with Crippen molar-refractivity contribution in [3.63, 3.8) is 0 Å². The summed E-state index contributed by atoms with van der Waals surface area (Å²) in [5.74, 6) is 0.447. The van der Waals surface area contributed by atoms with E-state index in [-0.39, 0.29) is 0 Å². The molecule has 0 aromatic carbocycles. The number of aryl methyl sites for hydroxylation is 1. The Balaban J connectivity index is 2.51. The van der Waals surface area contributed by atoms with Gasteiger partial charge in [-0.15, -0.1) is 0 Å². The van der Waals surface area contributed by atoms with Crippen molar-refractivity contribution in [1.82, 2.24) is 9.78 Å². The van der Waals surface area contributed by atoms with Crippen LogP contribution in [0, 0.1) is 0 Å². The van der Waals surface area contributed by atoms with Crippen LogP contribution >= 0.6 is 0 Å². The van der Waals surface area contributed by atoms with Crippen LogP contribution in [0.3, 0.4) is 0 Å². The molecular formula is C9H17N5. The summed E-state index contributed by atoms with van der Waals surface area (Å²) in [6.45, 7) is 5.70. The normalized spacial score (nSPS) is 11.7. The second-order valence-corrected chi connectivity index (χ2v) is 2.98. The van der Waals surface area contributed by atoms with Crippen molar-refractivity contribution in [2.75, 3.05) is 11.9 Å². The van der Waals surface area contributed by atoms with E-state index in [0.717, 1.165) is 25.2 Å². The maximum atomic E-state index is 5.64. The van der Waals surface area contributed by atoms with Crippen LogP contribution in [0.25, 0.3) is 0 Å². The van der Waals surface area contributed by atoms with Gasteiger partial charge in [0.25, 0.3) is 0 Å². The average Bonchev–Trinajstić information content (AvgIpc) is 2.62. The molecule has 3 N–H and O–H groups in total. The van der Waals surface area contributed by atoms with Crippen LogP contribution in [0.5, 0.6) is 0 Å². The van der Waals surface area contributed by atoms with Gasteiger partial charge in [-0.1, -0.05) is 6.92 Å². The fraction of sp³-hybridized carbons (Fsp3) is 0.556. The monoisotopic (exact) mass is 195 g/mol. The highest BCUT2D eigenvalue weighted by molar-refractivity contribution is 5.91. The van der Waals surface area contributed by atoms with Gasteiger partial charge >= 0.3 is 0 Å². The SMILES string of the molecule is CCCN=C(N)Nc1cnn(CC)c1. The van der Waals surface area contributed by atoms with Crippen molar-refractivity contribution in [3.05, 3.63) is 12.4 Å². The summed E-state index contributed by atoms with van der Waals surface area (Å²) < 4.78 is 1.83. The Bertz CT molecular complexity index is 302. The van der Waals surface area contributed by atoms with Crippen LogP contribution < -0.4 is 11.1 Å². The first-order valence-corrected chi connectivity index (χ1v) is 4.85. The van der Waals surface area contributed by atoms with Gasteiger partial charge in [-0.05, 0) is 13.3 Å². The minimum absolute atomic E-state index is 0.447. The number of aliphatic imine (C=N–C) groups is 1. The fourth-order valence-corrected chi connectivity index (χ4v) is 1.02. The molecule has 0 aliphatic carbocycles. The molecule has 0 saturated heterocycles. The Kier molecular flexibility index (Phi) is 3.97. The van der Waals surface area contributed by atoms with Gasteiger partial charge in [0.15, 0.2) is 5.96 Å². The second kappa shape index (κ2) is 5.26. The largest absolute Gasteiger partial charge is 0.370 e. The third kappa shape index (κ3) is 3.08. The van der Waals surface area contributed by atoms with Crippen LogP contribution in [0.2, 0.25) is 0 Å². The van der Waals surface area contributed by atoms with Crippen LogP contribution in [-0.4, -0.2) is 22.3 Å². The van der Waals surface area contributed by atoms with E-state index in [1.165, 1.54) is 0 Å². The molecule has 0 amide bonds. The summed E-state index contributed by atoms with van der Waals surface area (Å²) in [5, 5.41) is 7.09. The Morgan fingerprint density at radius 2 is 2.43 bits per heavy atom. The first-order valence-electron chi connectivity index (χ1n) is 4.85. The molecule has 5 heteroatoms. The Labute approximate surface area is 84.0 Å². The van der Waals surface area contributed by atoms with E-state index in [4.69, 9.17) is 5.73 Å². The van der Waals surface area contributed by atoms with E-state index in [1.807, 2.05) is 17.8 Å². The highest BCUT2D eigenvalue weighted by Crippen LogP contribution is 2.03. The molecule has 1 rings (SSSR count). The molecule has 1 aromatic heterocycles. The number of nitrogens with one attached hydrogen (secondary N) is 1. The predicted molar refractivity (Wildman–Crippen MR) is 58.3 cm³/mol. The molecule has 0 saturated carbocycles. The Hall–Kier alpha value is -1.52. The van der Waals surface area contributed by atoms with E-state index in [2.05, 4.69) is 22.3 Å². The number of guanidine groups is 1. The lowest BCUT2D eigenvalue weighted by molar-refractivity contribution is 0.660. The summed E-state index contributed by atoms with van der Waals surface area (Å²) in [6, 6.07) is 0. The number of hydrogen-bond donors (Lipinski definition) is 2. The number of nitrogens with two attached hydrogens (primary N) is 1. The highest BCUT2D eigenvalue weighted by Gasteiger charge is 1.97. The summed E-state index contributed by atoms with van der Waals surface area (Å²) in [7, 11) is 0. The molecule has 0 atom stereocenters. The quantitative estimate of drug-likeness (QED) is 0.557. The van der Waals surface area contributed by atoms with Gasteiger partial charge in [-0.2, -0.15) is 5.10 Å². The molecule has 1 heterocycles. The molecule has 5 nitrogen and oxygen atoms in total. The van der Waals surface area contributed by atoms with Crippen LogP contribution in [-0.2, 0) is 6.54 Å². The molecule has 78 valence electrons. The van der Waals surface area contributed by atoms with E-state index >= 15 is 0 Å². The summed E-state index contributed by atoms with van der Waals surface area (Å²) in [4.78, 5) is 4.12. The van der Waals surface area contributed by atoms with Gasteiger partial charge in [0.2, 0.25) is 0 Å². The standard InChI is InChI=1S/C9H17N5/c1-3-5-11-9(10)13-8-6-12-14(4-2)7-8/h6-7H,3-5H2,1-2H3,(H3,10,11,13). The lowest BCUT2D eigenvalue weighted by Crippen LogP contribution is -2.22. The molecule has 0 fully saturated rings. The number of aromatic nitrogens is 2. The molecule has 0 unspecified atom stereocenters. The number of anilines is 1. The third-order valence-electron chi connectivity index (χ3n) is 1.74. The zero-order chi connectivity index (χ0) is 10.4. The van der Waals surface area contributed by atoms with Crippen molar-refractivity contribution < 1.29 is 0 Å². The van der Waals surface area contributed by atoms with E-state index in [1.54, 1.807) is 6.20 Å². The summed E-state index contributed by atoms with van der Waals surface area (Å²) in [5.41, 5.74) is 6.52. The molecule has 0 aliphatic heterocycles. The van der Waals surface area contributed by atoms with Crippen LogP contribution in [0.4, 0.5) is 5.69 Å². The first kappa shape index (κ1) is 10.6. The van der Waals surface area contributed by atoms with Gasteiger partial charge in [-0.3, -0.25) is 9.67 Å². The molecule has 1 aromatic rings. The van der Waals surface area contributed by atoms with Crippen LogP contribution in [0.15, 0.2) is 17.4 Å². The fourth-order valence-electron chi connectivity index (χ4n) is 1.02. The van der Waals surface area contributed by atoms with Gasteiger partial charge in [0.05, 0.1) is 11.9 Å². The minimum atomic E-state index is 0.447. The summed E-state index contributed by atoms with van der Waals surface area (Å²) >= 11 is 0. The summed E-state index contributed by atoms with van der Waals surface area (Å²) in [6.07, 6.45) is 4.63. The lowest BCUT2D eigenvalue weighted by Gasteiger charge is -2.00. The predicted octanol–water partition coefficient (Wildman–Crippen LogP) is 1.04. The zero-order valence-corrected chi connectivity index (χ0v) is 8.70. The average molecular weight is 195 g/mol. The number of rotatable bonds is 4. The lowest BCUT2D eigenvalue weighted by atomic mass is 10.5. The minimum Gasteiger partial charge on any atom is -0.370 e. The Morgan fingerprint density at radius 1 is 1.64 bits per heavy atom. The maximum Gasteiger partial charge on any atom is 0.193 e. The van der Waals surface area contributed by atoms with Crippen LogP contribution in [0.1, 0.15) is 20.3 Å². The van der Waals surface area contributed by atoms with E-state index in [0.29, 0.717) is 5.96 Å². The second-order valence-electron chi connectivity index (χ2n) is 2.98. The molecule has 0 aliphatic rings. The molecular weight excluding hydrogens is 178 g/mol. The van der Waals surface area contributed by atoms with E-state index in [9.17, 15) is 0 Å². The highest BCUT2D eigenvalue weighted by atomic mass is 15.3. The van der Waals surface area contributed by atoms with Crippen molar-refractivity contribution >= 4 is 11.6 Å². The maximum absolute atomic E-state index is 5.64.